The minimum atomic E-state index is -5.00. The van der Waals surface area contributed by atoms with Gasteiger partial charge in [0, 0.05) is 0 Å². The standard InChI is InChI=1S/C8H15NO7S/c1-5(6(10)11)9(17(13,14)15)7(12)16-8(2,3)4/h5H,1-4H3,(H,10,11)(H,13,14,15)/t5-/m0/s1. The van der Waals surface area contributed by atoms with Gasteiger partial charge in [-0.1, -0.05) is 0 Å². The number of carboxylic acids is 1. The van der Waals surface area contributed by atoms with Crippen LogP contribution in [0.1, 0.15) is 27.7 Å². The molecule has 1 amide bonds. The number of carboxylic acid groups (broad SMARTS) is 1. The molecule has 9 heteroatoms. The molecule has 0 aromatic carbocycles. The van der Waals surface area contributed by atoms with Gasteiger partial charge in [0.05, 0.1) is 0 Å². The Morgan fingerprint density at radius 1 is 1.29 bits per heavy atom. The highest BCUT2D eigenvalue weighted by Crippen LogP contribution is 2.14. The van der Waals surface area contributed by atoms with Gasteiger partial charge >= 0.3 is 22.4 Å². The van der Waals surface area contributed by atoms with E-state index in [0.717, 1.165) is 6.92 Å². The van der Waals surface area contributed by atoms with Gasteiger partial charge in [-0.05, 0) is 27.7 Å². The molecule has 1 atom stereocenters. The van der Waals surface area contributed by atoms with Crippen LogP contribution in [0, 0.1) is 0 Å². The molecule has 0 bridgehead atoms. The van der Waals surface area contributed by atoms with Gasteiger partial charge in [0.25, 0.3) is 0 Å². The first-order valence-electron chi connectivity index (χ1n) is 4.59. The molecule has 0 aliphatic heterocycles. The molecule has 0 saturated carbocycles. The average molecular weight is 269 g/mol. The Morgan fingerprint density at radius 3 is 1.94 bits per heavy atom. The highest BCUT2D eigenvalue weighted by atomic mass is 32.2. The van der Waals surface area contributed by atoms with Crippen molar-refractivity contribution in [1.29, 1.82) is 0 Å². The fourth-order valence-corrected chi connectivity index (χ4v) is 1.57. The van der Waals surface area contributed by atoms with Crippen LogP contribution in [-0.4, -0.2) is 46.1 Å². The van der Waals surface area contributed by atoms with Gasteiger partial charge in [-0.15, -0.1) is 0 Å². The third kappa shape index (κ3) is 5.00. The van der Waals surface area contributed by atoms with Crippen LogP contribution in [0.3, 0.4) is 0 Å². The molecule has 0 unspecified atom stereocenters. The van der Waals surface area contributed by atoms with Crippen LogP contribution in [0.15, 0.2) is 0 Å². The third-order valence-corrected chi connectivity index (χ3v) is 2.49. The summed E-state index contributed by atoms with van der Waals surface area (Å²) < 4.78 is 35.1. The maximum atomic E-state index is 11.5. The van der Waals surface area contributed by atoms with Crippen LogP contribution in [0.4, 0.5) is 4.79 Å². The number of amides is 1. The first kappa shape index (κ1) is 15.7. The molecule has 2 N–H and O–H groups in total. The van der Waals surface area contributed by atoms with E-state index < -0.39 is 34.0 Å². The zero-order chi connectivity index (χ0) is 14.0. The van der Waals surface area contributed by atoms with Gasteiger partial charge in [-0.2, -0.15) is 12.7 Å². The summed E-state index contributed by atoms with van der Waals surface area (Å²) in [6.45, 7) is 5.34. The Hall–Kier alpha value is -1.35. The fraction of sp³-hybridized carbons (Fsp3) is 0.750. The second-order valence-electron chi connectivity index (χ2n) is 4.27. The van der Waals surface area contributed by atoms with E-state index in [1.165, 1.54) is 20.8 Å². The van der Waals surface area contributed by atoms with Crippen molar-refractivity contribution in [2.45, 2.75) is 39.3 Å². The van der Waals surface area contributed by atoms with E-state index in [4.69, 9.17) is 9.66 Å². The van der Waals surface area contributed by atoms with Gasteiger partial charge in [0.1, 0.15) is 11.6 Å². The lowest BCUT2D eigenvalue weighted by Gasteiger charge is -2.26. The summed E-state index contributed by atoms with van der Waals surface area (Å²) in [6, 6.07) is -1.76. The molecule has 0 heterocycles. The van der Waals surface area contributed by atoms with Crippen molar-refractivity contribution in [3.63, 3.8) is 0 Å². The van der Waals surface area contributed by atoms with E-state index in [0.29, 0.717) is 0 Å². The number of carbonyl (C=O) groups is 2. The molecule has 0 spiro atoms. The average Bonchev–Trinajstić information content (AvgIpc) is 1.96. The summed E-state index contributed by atoms with van der Waals surface area (Å²) in [5.74, 6) is -1.59. The fourth-order valence-electron chi connectivity index (χ4n) is 0.859. The minimum Gasteiger partial charge on any atom is -0.480 e. The number of hydrogen-bond acceptors (Lipinski definition) is 5. The summed E-state index contributed by atoms with van der Waals surface area (Å²) in [7, 11) is -5.00. The molecule has 0 radical (unpaired) electrons. The predicted molar refractivity (Wildman–Crippen MR) is 56.7 cm³/mol. The molecule has 0 aromatic heterocycles. The lowest BCUT2D eigenvalue weighted by atomic mass is 10.2. The second-order valence-corrected chi connectivity index (χ2v) is 5.56. The van der Waals surface area contributed by atoms with Crippen molar-refractivity contribution in [3.05, 3.63) is 0 Å². The van der Waals surface area contributed by atoms with Crippen molar-refractivity contribution in [3.8, 4) is 0 Å². The third-order valence-electron chi connectivity index (χ3n) is 1.53. The van der Waals surface area contributed by atoms with Crippen molar-refractivity contribution < 1.29 is 32.4 Å². The van der Waals surface area contributed by atoms with Crippen molar-refractivity contribution in [1.82, 2.24) is 4.31 Å². The summed E-state index contributed by atoms with van der Waals surface area (Å²) in [6.07, 6.45) is -1.45. The van der Waals surface area contributed by atoms with Crippen LogP contribution >= 0.6 is 0 Å². The SMILES string of the molecule is C[C@@H](C(=O)O)N(C(=O)OC(C)(C)C)S(=O)(=O)O. The minimum absolute atomic E-state index is 0.236. The summed E-state index contributed by atoms with van der Waals surface area (Å²) >= 11 is 0. The largest absolute Gasteiger partial charge is 0.480 e. The zero-order valence-corrected chi connectivity index (χ0v) is 10.7. The normalized spacial score (nSPS) is 13.9. The van der Waals surface area contributed by atoms with Crippen molar-refractivity contribution >= 4 is 22.4 Å². The molecule has 17 heavy (non-hydrogen) atoms. The van der Waals surface area contributed by atoms with Crippen molar-refractivity contribution in [2.24, 2.45) is 0 Å². The number of nitrogens with zero attached hydrogens (tertiary/aromatic N) is 1. The monoisotopic (exact) mass is 269 g/mol. The van der Waals surface area contributed by atoms with Crippen LogP contribution in [0.2, 0.25) is 0 Å². The van der Waals surface area contributed by atoms with Crippen LogP contribution < -0.4 is 0 Å². The van der Waals surface area contributed by atoms with E-state index in [-0.39, 0.29) is 4.31 Å². The molecule has 8 nitrogen and oxygen atoms in total. The smallest absolute Gasteiger partial charge is 0.426 e. The lowest BCUT2D eigenvalue weighted by Crippen LogP contribution is -2.48. The van der Waals surface area contributed by atoms with Crippen LogP contribution in [0.5, 0.6) is 0 Å². The second kappa shape index (κ2) is 4.88. The number of hydrogen-bond donors (Lipinski definition) is 2. The maximum Gasteiger partial charge on any atom is 0.426 e. The van der Waals surface area contributed by atoms with E-state index in [1.807, 2.05) is 0 Å². The number of aliphatic carboxylic acids is 1. The Morgan fingerprint density at radius 2 is 1.71 bits per heavy atom. The first-order chi connectivity index (χ1) is 7.36. The van der Waals surface area contributed by atoms with Crippen molar-refractivity contribution in [2.75, 3.05) is 0 Å². The quantitative estimate of drug-likeness (QED) is 0.715. The summed E-state index contributed by atoms with van der Waals surface area (Å²) in [5, 5.41) is 8.64. The molecular weight excluding hydrogens is 254 g/mol. The first-order valence-corrected chi connectivity index (χ1v) is 5.98. The highest BCUT2D eigenvalue weighted by Gasteiger charge is 2.37. The summed E-state index contributed by atoms with van der Waals surface area (Å²) in [4.78, 5) is 22.1. The zero-order valence-electron chi connectivity index (χ0n) is 9.87. The van der Waals surface area contributed by atoms with Gasteiger partial charge in [0.15, 0.2) is 0 Å². The molecule has 0 saturated heterocycles. The Balaban J connectivity index is 5.23. The van der Waals surface area contributed by atoms with Gasteiger partial charge in [-0.25, -0.2) is 9.59 Å². The molecule has 0 aliphatic carbocycles. The Kier molecular flexibility index (Phi) is 4.49. The van der Waals surface area contributed by atoms with E-state index >= 15 is 0 Å². The molecule has 100 valence electrons. The Labute approximate surface area is 99.0 Å². The van der Waals surface area contributed by atoms with Crippen LogP contribution in [-0.2, 0) is 19.8 Å². The van der Waals surface area contributed by atoms with Gasteiger partial charge in [0.2, 0.25) is 0 Å². The van der Waals surface area contributed by atoms with E-state index in [1.54, 1.807) is 0 Å². The van der Waals surface area contributed by atoms with E-state index in [2.05, 4.69) is 4.74 Å². The van der Waals surface area contributed by atoms with Gasteiger partial charge in [-0.3, -0.25) is 4.55 Å². The number of ether oxygens (including phenoxy) is 1. The topological polar surface area (TPSA) is 121 Å². The van der Waals surface area contributed by atoms with Crippen LogP contribution in [0.25, 0.3) is 0 Å². The Bertz CT molecular complexity index is 408. The number of rotatable bonds is 3. The lowest BCUT2D eigenvalue weighted by molar-refractivity contribution is -0.141. The predicted octanol–water partition coefficient (Wildman–Crippen LogP) is 0.499. The molecule has 0 aliphatic rings. The molecule has 0 rings (SSSR count). The molecule has 0 aromatic rings. The molecular formula is C8H15NO7S. The highest BCUT2D eigenvalue weighted by molar-refractivity contribution is 7.84. The number of carbonyl (C=O) groups excluding carboxylic acids is 1. The maximum absolute atomic E-state index is 11.5. The molecule has 0 fully saturated rings. The summed E-state index contributed by atoms with van der Waals surface area (Å²) in [5.41, 5.74) is -1.02. The van der Waals surface area contributed by atoms with Gasteiger partial charge < -0.3 is 9.84 Å². The van der Waals surface area contributed by atoms with E-state index in [9.17, 15) is 18.0 Å².